The molecule has 0 atom stereocenters. The van der Waals surface area contributed by atoms with Gasteiger partial charge in [0.15, 0.2) is 0 Å². The minimum Gasteiger partial charge on any atom is -0.493 e. The van der Waals surface area contributed by atoms with Gasteiger partial charge in [0.25, 0.3) is 5.91 Å². The van der Waals surface area contributed by atoms with Crippen LogP contribution in [0.15, 0.2) is 30.3 Å². The molecule has 1 aromatic carbocycles. The van der Waals surface area contributed by atoms with Gasteiger partial charge in [0.1, 0.15) is 5.75 Å². The van der Waals surface area contributed by atoms with Crippen LogP contribution in [-0.4, -0.2) is 32.8 Å². The van der Waals surface area contributed by atoms with Gasteiger partial charge in [-0.1, -0.05) is 18.2 Å². The summed E-state index contributed by atoms with van der Waals surface area (Å²) in [5.74, 6) is 0.414. The summed E-state index contributed by atoms with van der Waals surface area (Å²) < 4.78 is 10.2. The molecule has 0 saturated carbocycles. The molecule has 5 heteroatoms. The summed E-state index contributed by atoms with van der Waals surface area (Å²) in [5, 5.41) is 0. The standard InChI is InChI=1S/C14H19NO4/c1-3-18-13-7-5-4-6-12(13)8-9-14(16)15-19-11-10-17-2/h4-9H,3,10-11H2,1-2H3,(H,15,16)/b9-8+. The number of hydrogen-bond donors (Lipinski definition) is 1. The lowest BCUT2D eigenvalue weighted by atomic mass is 10.2. The van der Waals surface area contributed by atoms with Crippen LogP contribution in [0.25, 0.3) is 6.08 Å². The van der Waals surface area contributed by atoms with E-state index >= 15 is 0 Å². The van der Waals surface area contributed by atoms with Crippen molar-refractivity contribution in [3.05, 3.63) is 35.9 Å². The number of carbonyl (C=O) groups is 1. The molecule has 104 valence electrons. The Morgan fingerprint density at radius 3 is 2.84 bits per heavy atom. The number of para-hydroxylation sites is 1. The number of rotatable bonds is 8. The summed E-state index contributed by atoms with van der Waals surface area (Å²) in [5.41, 5.74) is 3.14. The third-order valence-electron chi connectivity index (χ3n) is 2.20. The highest BCUT2D eigenvalue weighted by atomic mass is 16.7. The van der Waals surface area contributed by atoms with E-state index in [1.807, 2.05) is 31.2 Å². The molecular formula is C14H19NO4. The molecule has 0 aromatic heterocycles. The Morgan fingerprint density at radius 1 is 1.32 bits per heavy atom. The van der Waals surface area contributed by atoms with Crippen molar-refractivity contribution in [2.75, 3.05) is 26.9 Å². The smallest absolute Gasteiger partial charge is 0.267 e. The first-order valence-corrected chi connectivity index (χ1v) is 6.08. The summed E-state index contributed by atoms with van der Waals surface area (Å²) in [6.07, 6.45) is 3.07. The minimum absolute atomic E-state index is 0.311. The maximum Gasteiger partial charge on any atom is 0.267 e. The van der Waals surface area contributed by atoms with Gasteiger partial charge in [-0.2, -0.15) is 0 Å². The molecule has 0 bridgehead atoms. The maximum atomic E-state index is 11.4. The molecule has 1 aromatic rings. The van der Waals surface area contributed by atoms with Crippen LogP contribution in [0.4, 0.5) is 0 Å². The molecule has 0 aliphatic carbocycles. The lowest BCUT2D eigenvalue weighted by Crippen LogP contribution is -2.23. The molecule has 0 spiro atoms. The normalized spacial score (nSPS) is 10.6. The molecule has 0 aliphatic rings. The van der Waals surface area contributed by atoms with Crippen LogP contribution in [0, 0.1) is 0 Å². The molecule has 5 nitrogen and oxygen atoms in total. The van der Waals surface area contributed by atoms with Gasteiger partial charge in [-0.15, -0.1) is 0 Å². The fraction of sp³-hybridized carbons (Fsp3) is 0.357. The van der Waals surface area contributed by atoms with Crippen LogP contribution in [0.5, 0.6) is 5.75 Å². The zero-order chi connectivity index (χ0) is 13.9. The Balaban J connectivity index is 2.49. The predicted octanol–water partition coefficient (Wildman–Crippen LogP) is 1.79. The predicted molar refractivity (Wildman–Crippen MR) is 72.6 cm³/mol. The molecule has 1 amide bonds. The van der Waals surface area contributed by atoms with Crippen LogP contribution < -0.4 is 10.2 Å². The highest BCUT2D eigenvalue weighted by Gasteiger charge is 2.00. The Labute approximate surface area is 113 Å². The van der Waals surface area contributed by atoms with Gasteiger partial charge >= 0.3 is 0 Å². The number of carbonyl (C=O) groups excluding carboxylic acids is 1. The second-order valence-electron chi connectivity index (χ2n) is 3.61. The lowest BCUT2D eigenvalue weighted by Gasteiger charge is -2.06. The number of hydroxylamine groups is 1. The van der Waals surface area contributed by atoms with Crippen LogP contribution in [0.1, 0.15) is 12.5 Å². The SMILES string of the molecule is CCOc1ccccc1/C=C/C(=O)NOCCOC. The van der Waals surface area contributed by atoms with Crippen molar-refractivity contribution in [1.29, 1.82) is 0 Å². The average Bonchev–Trinajstić information content (AvgIpc) is 2.43. The van der Waals surface area contributed by atoms with E-state index in [1.54, 1.807) is 13.2 Å². The zero-order valence-electron chi connectivity index (χ0n) is 11.2. The molecule has 1 rings (SSSR count). The number of nitrogens with one attached hydrogen (secondary N) is 1. The molecule has 0 heterocycles. The largest absolute Gasteiger partial charge is 0.493 e. The quantitative estimate of drug-likeness (QED) is 0.442. The molecule has 19 heavy (non-hydrogen) atoms. The maximum absolute atomic E-state index is 11.4. The molecule has 0 aliphatic heterocycles. The second-order valence-corrected chi connectivity index (χ2v) is 3.61. The highest BCUT2D eigenvalue weighted by molar-refractivity contribution is 5.91. The van der Waals surface area contributed by atoms with E-state index in [2.05, 4.69) is 5.48 Å². The second kappa shape index (κ2) is 9.13. The highest BCUT2D eigenvalue weighted by Crippen LogP contribution is 2.19. The molecule has 0 fully saturated rings. The number of hydrogen-bond acceptors (Lipinski definition) is 4. The number of ether oxygens (including phenoxy) is 2. The van der Waals surface area contributed by atoms with Gasteiger partial charge in [-0.3, -0.25) is 9.63 Å². The summed E-state index contributed by atoms with van der Waals surface area (Å²) in [4.78, 5) is 16.3. The van der Waals surface area contributed by atoms with Crippen LogP contribution in [-0.2, 0) is 14.4 Å². The summed E-state index contributed by atoms with van der Waals surface area (Å²) in [6.45, 7) is 3.23. The first-order chi connectivity index (χ1) is 9.27. The van der Waals surface area contributed by atoms with Gasteiger partial charge in [0.2, 0.25) is 0 Å². The van der Waals surface area contributed by atoms with Gasteiger partial charge in [0, 0.05) is 18.7 Å². The van der Waals surface area contributed by atoms with E-state index in [0.717, 1.165) is 11.3 Å². The van der Waals surface area contributed by atoms with Crippen molar-refractivity contribution in [1.82, 2.24) is 5.48 Å². The van der Waals surface area contributed by atoms with Gasteiger partial charge < -0.3 is 9.47 Å². The van der Waals surface area contributed by atoms with Crippen LogP contribution in [0.3, 0.4) is 0 Å². The fourth-order valence-electron chi connectivity index (χ4n) is 1.35. The van der Waals surface area contributed by atoms with Crippen LogP contribution in [0.2, 0.25) is 0 Å². The van der Waals surface area contributed by atoms with E-state index < -0.39 is 0 Å². The lowest BCUT2D eigenvalue weighted by molar-refractivity contribution is -0.129. The van der Waals surface area contributed by atoms with Crippen molar-refractivity contribution in [3.8, 4) is 5.75 Å². The molecule has 1 N–H and O–H groups in total. The first-order valence-electron chi connectivity index (χ1n) is 6.08. The third-order valence-corrected chi connectivity index (χ3v) is 2.20. The van der Waals surface area contributed by atoms with Gasteiger partial charge in [-0.25, -0.2) is 5.48 Å². The van der Waals surface area contributed by atoms with Gasteiger partial charge in [0.05, 0.1) is 19.8 Å². The van der Waals surface area contributed by atoms with Gasteiger partial charge in [-0.05, 0) is 19.1 Å². The van der Waals surface area contributed by atoms with Crippen molar-refractivity contribution in [3.63, 3.8) is 0 Å². The molecular weight excluding hydrogens is 246 g/mol. The van der Waals surface area contributed by atoms with Crippen molar-refractivity contribution in [2.45, 2.75) is 6.92 Å². The summed E-state index contributed by atoms with van der Waals surface area (Å²) in [7, 11) is 1.57. The Hall–Kier alpha value is -1.85. The third kappa shape index (κ3) is 6.03. The van der Waals surface area contributed by atoms with Crippen LogP contribution >= 0.6 is 0 Å². The number of amides is 1. The topological polar surface area (TPSA) is 56.8 Å². The summed E-state index contributed by atoms with van der Waals surface area (Å²) in [6, 6.07) is 7.50. The molecule has 0 saturated heterocycles. The Bertz CT molecular complexity index is 418. The summed E-state index contributed by atoms with van der Waals surface area (Å²) >= 11 is 0. The zero-order valence-corrected chi connectivity index (χ0v) is 11.2. The fourth-order valence-corrected chi connectivity index (χ4v) is 1.35. The minimum atomic E-state index is -0.331. The Morgan fingerprint density at radius 2 is 2.11 bits per heavy atom. The van der Waals surface area contributed by atoms with Crippen molar-refractivity contribution >= 4 is 12.0 Å². The van der Waals surface area contributed by atoms with E-state index in [1.165, 1.54) is 6.08 Å². The Kier molecular flexibility index (Phi) is 7.31. The number of benzene rings is 1. The average molecular weight is 265 g/mol. The monoisotopic (exact) mass is 265 g/mol. The van der Waals surface area contributed by atoms with E-state index in [4.69, 9.17) is 14.3 Å². The van der Waals surface area contributed by atoms with Crippen molar-refractivity contribution in [2.24, 2.45) is 0 Å². The van der Waals surface area contributed by atoms with E-state index in [-0.39, 0.29) is 5.91 Å². The molecule has 0 radical (unpaired) electrons. The number of methoxy groups -OCH3 is 1. The van der Waals surface area contributed by atoms with Crippen molar-refractivity contribution < 1.29 is 19.1 Å². The van der Waals surface area contributed by atoms with E-state index in [0.29, 0.717) is 19.8 Å². The first kappa shape index (κ1) is 15.2. The molecule has 0 unspecified atom stereocenters. The van der Waals surface area contributed by atoms with E-state index in [9.17, 15) is 4.79 Å².